The minimum atomic E-state index is -0.347. The van der Waals surface area contributed by atoms with Gasteiger partial charge in [0.2, 0.25) is 0 Å². The van der Waals surface area contributed by atoms with E-state index in [4.69, 9.17) is 9.47 Å². The van der Waals surface area contributed by atoms with Gasteiger partial charge in [-0.15, -0.1) is 0 Å². The van der Waals surface area contributed by atoms with Crippen LogP contribution in [0.1, 0.15) is 15.9 Å². The molecule has 0 radical (unpaired) electrons. The van der Waals surface area contributed by atoms with Crippen LogP contribution in [0.25, 0.3) is 0 Å². The molecule has 0 saturated heterocycles. The number of esters is 1. The van der Waals surface area contributed by atoms with Gasteiger partial charge in [0.05, 0.1) is 26.4 Å². The smallest absolute Gasteiger partial charge is 0.337 e. The molecule has 110 valence electrons. The summed E-state index contributed by atoms with van der Waals surface area (Å²) < 4.78 is 15.4. The lowest BCUT2D eigenvalue weighted by Gasteiger charge is -2.07. The zero-order chi connectivity index (χ0) is 15.1. The molecule has 0 aromatic heterocycles. The fourth-order valence-electron chi connectivity index (χ4n) is 1.88. The summed E-state index contributed by atoms with van der Waals surface area (Å²) >= 11 is 0. The van der Waals surface area contributed by atoms with Crippen LogP contribution >= 0.6 is 0 Å². The van der Waals surface area contributed by atoms with Crippen LogP contribution in [-0.2, 0) is 11.2 Å². The maximum Gasteiger partial charge on any atom is 0.337 e. The molecule has 0 saturated carbocycles. The first-order valence-electron chi connectivity index (χ1n) is 6.67. The van der Waals surface area contributed by atoms with Crippen molar-refractivity contribution in [2.45, 2.75) is 6.42 Å². The zero-order valence-electron chi connectivity index (χ0n) is 12.2. The number of methoxy groups -OCH3 is 2. The molecule has 0 heterocycles. The molecule has 2 aromatic carbocycles. The van der Waals surface area contributed by atoms with E-state index in [1.807, 2.05) is 24.3 Å². The normalized spacial score (nSPS) is 10.0. The maximum absolute atomic E-state index is 11.3. The third kappa shape index (κ3) is 4.24. The average Bonchev–Trinajstić information content (AvgIpc) is 2.55. The predicted molar refractivity (Wildman–Crippen MR) is 80.0 cm³/mol. The molecule has 0 aliphatic carbocycles. The van der Waals surface area contributed by atoms with Crippen molar-refractivity contribution in [1.29, 1.82) is 0 Å². The Kier molecular flexibility index (Phi) is 5.21. The molecule has 0 atom stereocenters. The van der Waals surface area contributed by atoms with Crippen LogP contribution in [0.4, 0.5) is 0 Å². The van der Waals surface area contributed by atoms with Gasteiger partial charge in [-0.05, 0) is 42.0 Å². The summed E-state index contributed by atoms with van der Waals surface area (Å²) in [6.45, 7) is 0.573. The molecule has 0 amide bonds. The molecule has 2 rings (SSSR count). The second-order valence-electron chi connectivity index (χ2n) is 4.46. The Morgan fingerprint density at radius 1 is 0.905 bits per heavy atom. The van der Waals surface area contributed by atoms with E-state index in [1.165, 1.54) is 12.7 Å². The summed E-state index contributed by atoms with van der Waals surface area (Å²) in [4.78, 5) is 11.3. The van der Waals surface area contributed by atoms with Gasteiger partial charge < -0.3 is 14.2 Å². The van der Waals surface area contributed by atoms with Gasteiger partial charge in [-0.2, -0.15) is 0 Å². The number of benzene rings is 2. The highest BCUT2D eigenvalue weighted by molar-refractivity contribution is 5.89. The summed E-state index contributed by atoms with van der Waals surface area (Å²) in [7, 11) is 3.01. The van der Waals surface area contributed by atoms with Crippen molar-refractivity contribution < 1.29 is 19.0 Å². The highest BCUT2D eigenvalue weighted by Crippen LogP contribution is 2.15. The first-order valence-corrected chi connectivity index (χ1v) is 6.67. The molecule has 0 unspecified atom stereocenters. The monoisotopic (exact) mass is 286 g/mol. The Morgan fingerprint density at radius 2 is 1.52 bits per heavy atom. The average molecular weight is 286 g/mol. The van der Waals surface area contributed by atoms with Gasteiger partial charge >= 0.3 is 5.97 Å². The molecule has 0 N–H and O–H groups in total. The second kappa shape index (κ2) is 7.33. The van der Waals surface area contributed by atoms with Gasteiger partial charge in [-0.25, -0.2) is 4.79 Å². The quantitative estimate of drug-likeness (QED) is 0.765. The van der Waals surface area contributed by atoms with Crippen molar-refractivity contribution in [1.82, 2.24) is 0 Å². The molecule has 0 bridgehead atoms. The van der Waals surface area contributed by atoms with E-state index in [2.05, 4.69) is 4.74 Å². The molecule has 0 aliphatic heterocycles. The van der Waals surface area contributed by atoms with Gasteiger partial charge in [-0.1, -0.05) is 12.1 Å². The molecule has 4 nitrogen and oxygen atoms in total. The predicted octanol–water partition coefficient (Wildman–Crippen LogP) is 3.10. The molecule has 0 fully saturated rings. The maximum atomic E-state index is 11.3. The lowest BCUT2D eigenvalue weighted by Crippen LogP contribution is -2.03. The fourth-order valence-corrected chi connectivity index (χ4v) is 1.88. The van der Waals surface area contributed by atoms with E-state index in [1.54, 1.807) is 31.4 Å². The summed E-state index contributed by atoms with van der Waals surface area (Å²) in [5.41, 5.74) is 1.70. The van der Waals surface area contributed by atoms with Crippen LogP contribution in [0.2, 0.25) is 0 Å². The molecule has 4 heteroatoms. The Labute approximate surface area is 124 Å². The minimum absolute atomic E-state index is 0.347. The van der Waals surface area contributed by atoms with Crippen molar-refractivity contribution in [2.24, 2.45) is 0 Å². The Morgan fingerprint density at radius 3 is 2.10 bits per heavy atom. The van der Waals surface area contributed by atoms with E-state index >= 15 is 0 Å². The highest BCUT2D eigenvalue weighted by Gasteiger charge is 2.04. The van der Waals surface area contributed by atoms with Crippen LogP contribution in [0, 0.1) is 0 Å². The van der Waals surface area contributed by atoms with Crippen molar-refractivity contribution in [3.8, 4) is 11.5 Å². The summed E-state index contributed by atoms with van der Waals surface area (Å²) in [6, 6.07) is 14.8. The summed E-state index contributed by atoms with van der Waals surface area (Å²) in [5.74, 6) is 1.23. The van der Waals surface area contributed by atoms with Crippen molar-refractivity contribution in [3.63, 3.8) is 0 Å². The van der Waals surface area contributed by atoms with Gasteiger partial charge in [0.25, 0.3) is 0 Å². The highest BCUT2D eigenvalue weighted by atomic mass is 16.5. The van der Waals surface area contributed by atoms with Crippen LogP contribution in [0.3, 0.4) is 0 Å². The number of hydrogen-bond acceptors (Lipinski definition) is 4. The first kappa shape index (κ1) is 14.9. The van der Waals surface area contributed by atoms with Gasteiger partial charge in [0, 0.05) is 6.42 Å². The van der Waals surface area contributed by atoms with E-state index < -0.39 is 0 Å². The molecule has 0 aliphatic rings. The molecule has 21 heavy (non-hydrogen) atoms. The second-order valence-corrected chi connectivity index (χ2v) is 4.46. The molecule has 2 aromatic rings. The van der Waals surface area contributed by atoms with Crippen molar-refractivity contribution in [2.75, 3.05) is 20.8 Å². The third-order valence-corrected chi connectivity index (χ3v) is 3.09. The number of rotatable bonds is 6. The largest absolute Gasteiger partial charge is 0.497 e. The SMILES string of the molecule is COC(=O)c1ccc(OCCc2ccc(OC)cc2)cc1. The van der Waals surface area contributed by atoms with Gasteiger partial charge in [0.1, 0.15) is 11.5 Å². The van der Waals surface area contributed by atoms with E-state index in [0.717, 1.165) is 17.9 Å². The van der Waals surface area contributed by atoms with Crippen LogP contribution in [0.5, 0.6) is 11.5 Å². The minimum Gasteiger partial charge on any atom is -0.497 e. The van der Waals surface area contributed by atoms with Crippen LogP contribution in [-0.4, -0.2) is 26.8 Å². The number of carbonyl (C=O) groups is 1. The van der Waals surface area contributed by atoms with Gasteiger partial charge in [0.15, 0.2) is 0 Å². The van der Waals surface area contributed by atoms with Gasteiger partial charge in [-0.3, -0.25) is 0 Å². The number of carbonyl (C=O) groups excluding carboxylic acids is 1. The lowest BCUT2D eigenvalue weighted by molar-refractivity contribution is 0.0600. The van der Waals surface area contributed by atoms with E-state index in [-0.39, 0.29) is 5.97 Å². The molecule has 0 spiro atoms. The van der Waals surface area contributed by atoms with E-state index in [9.17, 15) is 4.79 Å². The lowest BCUT2D eigenvalue weighted by atomic mass is 10.1. The van der Waals surface area contributed by atoms with Crippen molar-refractivity contribution in [3.05, 3.63) is 59.7 Å². The number of hydrogen-bond donors (Lipinski definition) is 0. The summed E-state index contributed by atoms with van der Waals surface area (Å²) in [5, 5.41) is 0. The standard InChI is InChI=1S/C17H18O4/c1-19-15-7-3-13(4-8-15)11-12-21-16-9-5-14(6-10-16)17(18)20-2/h3-10H,11-12H2,1-2H3. The Bertz CT molecular complexity index is 573. The first-order chi connectivity index (χ1) is 10.2. The van der Waals surface area contributed by atoms with Crippen molar-refractivity contribution >= 4 is 5.97 Å². The summed E-state index contributed by atoms with van der Waals surface area (Å²) in [6.07, 6.45) is 0.808. The third-order valence-electron chi connectivity index (χ3n) is 3.09. The molecular formula is C17H18O4. The zero-order valence-corrected chi connectivity index (χ0v) is 12.2. The number of ether oxygens (including phenoxy) is 3. The fraction of sp³-hybridized carbons (Fsp3) is 0.235. The van der Waals surface area contributed by atoms with Crippen LogP contribution < -0.4 is 9.47 Å². The molecular weight excluding hydrogens is 268 g/mol. The Balaban J connectivity index is 1.83. The van der Waals surface area contributed by atoms with E-state index in [0.29, 0.717) is 12.2 Å². The van der Waals surface area contributed by atoms with Crippen LogP contribution in [0.15, 0.2) is 48.5 Å². The Hall–Kier alpha value is -2.49. The topological polar surface area (TPSA) is 44.8 Å².